The van der Waals surface area contributed by atoms with Crippen LogP contribution in [0.4, 0.5) is 11.8 Å². The minimum Gasteiger partial charge on any atom is -0.368 e. The first kappa shape index (κ1) is 11.2. The second kappa shape index (κ2) is 5.14. The number of nitrogens with two attached hydrogens (primary N) is 1. The number of nitrogens with one attached hydrogen (secondary N) is 1. The van der Waals surface area contributed by atoms with E-state index in [-0.39, 0.29) is 0 Å². The number of rotatable bonds is 2. The molecule has 4 heteroatoms. The summed E-state index contributed by atoms with van der Waals surface area (Å²) in [6, 6.07) is 0.551. The van der Waals surface area contributed by atoms with Gasteiger partial charge in [-0.05, 0) is 19.8 Å². The lowest BCUT2D eigenvalue weighted by molar-refractivity contribution is 0.617. The molecule has 0 unspecified atom stereocenters. The Labute approximate surface area is 96.7 Å². The van der Waals surface area contributed by atoms with Crippen LogP contribution in [0.25, 0.3) is 0 Å². The molecule has 0 atom stereocenters. The standard InChI is InChI=1S/C12H20N4/c1-9-8-14-12(13)16-11(9)15-10-6-4-2-3-5-7-10/h8,10H,2-7H2,1H3,(H3,13,14,15,16). The molecule has 2 rings (SSSR count). The Morgan fingerprint density at radius 3 is 2.62 bits per heavy atom. The summed E-state index contributed by atoms with van der Waals surface area (Å²) in [6.45, 7) is 2.01. The van der Waals surface area contributed by atoms with Crippen molar-refractivity contribution in [2.45, 2.75) is 51.5 Å². The predicted molar refractivity (Wildman–Crippen MR) is 66.3 cm³/mol. The van der Waals surface area contributed by atoms with E-state index in [9.17, 15) is 0 Å². The molecule has 0 bridgehead atoms. The monoisotopic (exact) mass is 220 g/mol. The first-order valence-electron chi connectivity index (χ1n) is 6.11. The fourth-order valence-electron chi connectivity index (χ4n) is 2.22. The van der Waals surface area contributed by atoms with Crippen molar-refractivity contribution in [2.24, 2.45) is 0 Å². The van der Waals surface area contributed by atoms with Gasteiger partial charge in [0, 0.05) is 17.8 Å². The molecule has 0 amide bonds. The van der Waals surface area contributed by atoms with Crippen molar-refractivity contribution >= 4 is 11.8 Å². The van der Waals surface area contributed by atoms with Crippen molar-refractivity contribution in [3.8, 4) is 0 Å². The van der Waals surface area contributed by atoms with Gasteiger partial charge in [0.25, 0.3) is 0 Å². The molecule has 4 nitrogen and oxygen atoms in total. The Hall–Kier alpha value is -1.32. The molecular weight excluding hydrogens is 200 g/mol. The summed E-state index contributed by atoms with van der Waals surface area (Å²) >= 11 is 0. The number of aromatic nitrogens is 2. The Kier molecular flexibility index (Phi) is 3.59. The van der Waals surface area contributed by atoms with Gasteiger partial charge in [0.2, 0.25) is 5.95 Å². The molecular formula is C12H20N4. The third kappa shape index (κ3) is 2.84. The first-order chi connectivity index (χ1) is 7.75. The van der Waals surface area contributed by atoms with Gasteiger partial charge in [-0.1, -0.05) is 25.7 Å². The van der Waals surface area contributed by atoms with Gasteiger partial charge in [0.05, 0.1) is 0 Å². The lowest BCUT2D eigenvalue weighted by Gasteiger charge is -2.18. The van der Waals surface area contributed by atoms with Crippen LogP contribution in [-0.2, 0) is 0 Å². The van der Waals surface area contributed by atoms with Crippen molar-refractivity contribution in [2.75, 3.05) is 11.1 Å². The fourth-order valence-corrected chi connectivity index (χ4v) is 2.22. The average Bonchev–Trinajstić information content (AvgIpc) is 2.52. The van der Waals surface area contributed by atoms with E-state index in [1.807, 2.05) is 6.92 Å². The predicted octanol–water partition coefficient (Wildman–Crippen LogP) is 2.50. The zero-order valence-corrected chi connectivity index (χ0v) is 9.87. The van der Waals surface area contributed by atoms with Crippen molar-refractivity contribution in [1.29, 1.82) is 0 Å². The van der Waals surface area contributed by atoms with Crippen LogP contribution in [0.3, 0.4) is 0 Å². The Balaban J connectivity index is 2.04. The lowest BCUT2D eigenvalue weighted by atomic mass is 10.1. The van der Waals surface area contributed by atoms with Crippen LogP contribution in [0, 0.1) is 6.92 Å². The van der Waals surface area contributed by atoms with E-state index >= 15 is 0 Å². The first-order valence-corrected chi connectivity index (χ1v) is 6.11. The van der Waals surface area contributed by atoms with Gasteiger partial charge in [-0.2, -0.15) is 4.98 Å². The highest BCUT2D eigenvalue weighted by molar-refractivity contribution is 5.45. The molecule has 1 saturated carbocycles. The molecule has 0 saturated heterocycles. The summed E-state index contributed by atoms with van der Waals surface area (Å²) in [5, 5.41) is 3.50. The highest BCUT2D eigenvalue weighted by Crippen LogP contribution is 2.21. The van der Waals surface area contributed by atoms with Crippen LogP contribution < -0.4 is 11.1 Å². The normalized spacial score (nSPS) is 18.1. The molecule has 88 valence electrons. The smallest absolute Gasteiger partial charge is 0.221 e. The molecule has 0 radical (unpaired) electrons. The minimum atomic E-state index is 0.349. The summed E-state index contributed by atoms with van der Waals surface area (Å²) < 4.78 is 0. The maximum Gasteiger partial charge on any atom is 0.221 e. The van der Waals surface area contributed by atoms with Crippen molar-refractivity contribution in [3.05, 3.63) is 11.8 Å². The summed E-state index contributed by atoms with van der Waals surface area (Å²) in [4.78, 5) is 8.23. The van der Waals surface area contributed by atoms with Crippen molar-refractivity contribution in [3.63, 3.8) is 0 Å². The summed E-state index contributed by atoms with van der Waals surface area (Å²) in [5.41, 5.74) is 6.67. The molecule has 1 aromatic rings. The van der Waals surface area contributed by atoms with Crippen LogP contribution in [0.2, 0.25) is 0 Å². The van der Waals surface area contributed by atoms with Crippen LogP contribution >= 0.6 is 0 Å². The molecule has 1 aliphatic carbocycles. The molecule has 0 aromatic carbocycles. The largest absolute Gasteiger partial charge is 0.368 e. The molecule has 0 aliphatic heterocycles. The summed E-state index contributed by atoms with van der Waals surface area (Å²) in [6.07, 6.45) is 9.62. The second-order valence-corrected chi connectivity index (χ2v) is 4.59. The van der Waals surface area contributed by atoms with Gasteiger partial charge < -0.3 is 11.1 Å². The maximum atomic E-state index is 5.60. The number of nitrogens with zero attached hydrogens (tertiary/aromatic N) is 2. The van der Waals surface area contributed by atoms with Crippen LogP contribution in [-0.4, -0.2) is 16.0 Å². The Morgan fingerprint density at radius 1 is 1.25 bits per heavy atom. The second-order valence-electron chi connectivity index (χ2n) is 4.59. The SMILES string of the molecule is Cc1cnc(N)nc1NC1CCCCCC1. The zero-order valence-electron chi connectivity index (χ0n) is 9.87. The highest BCUT2D eigenvalue weighted by atomic mass is 15.1. The van der Waals surface area contributed by atoms with Crippen molar-refractivity contribution < 1.29 is 0 Å². The van der Waals surface area contributed by atoms with E-state index in [0.29, 0.717) is 12.0 Å². The van der Waals surface area contributed by atoms with E-state index in [0.717, 1.165) is 11.4 Å². The maximum absolute atomic E-state index is 5.60. The van der Waals surface area contributed by atoms with E-state index < -0.39 is 0 Å². The quantitative estimate of drug-likeness (QED) is 0.752. The average molecular weight is 220 g/mol. The van der Waals surface area contributed by atoms with Crippen LogP contribution in [0.15, 0.2) is 6.20 Å². The van der Waals surface area contributed by atoms with E-state index in [1.54, 1.807) is 6.20 Å². The van der Waals surface area contributed by atoms with E-state index in [1.165, 1.54) is 38.5 Å². The fraction of sp³-hybridized carbons (Fsp3) is 0.667. The molecule has 1 heterocycles. The highest BCUT2D eigenvalue weighted by Gasteiger charge is 2.13. The number of aryl methyl sites for hydroxylation is 1. The van der Waals surface area contributed by atoms with Gasteiger partial charge in [-0.15, -0.1) is 0 Å². The molecule has 16 heavy (non-hydrogen) atoms. The minimum absolute atomic E-state index is 0.349. The lowest BCUT2D eigenvalue weighted by Crippen LogP contribution is -2.20. The van der Waals surface area contributed by atoms with E-state index in [4.69, 9.17) is 5.73 Å². The topological polar surface area (TPSA) is 63.8 Å². The molecule has 3 N–H and O–H groups in total. The van der Waals surface area contributed by atoms with Crippen LogP contribution in [0.1, 0.15) is 44.1 Å². The Bertz CT molecular complexity index is 343. The Morgan fingerprint density at radius 2 is 1.94 bits per heavy atom. The molecule has 0 spiro atoms. The number of hydrogen-bond donors (Lipinski definition) is 2. The summed E-state index contributed by atoms with van der Waals surface area (Å²) in [7, 11) is 0. The van der Waals surface area contributed by atoms with Crippen LogP contribution in [0.5, 0.6) is 0 Å². The third-order valence-electron chi connectivity index (χ3n) is 3.19. The van der Waals surface area contributed by atoms with Gasteiger partial charge in [-0.3, -0.25) is 0 Å². The van der Waals surface area contributed by atoms with Gasteiger partial charge in [-0.25, -0.2) is 4.98 Å². The third-order valence-corrected chi connectivity index (χ3v) is 3.19. The number of hydrogen-bond acceptors (Lipinski definition) is 4. The van der Waals surface area contributed by atoms with Gasteiger partial charge >= 0.3 is 0 Å². The van der Waals surface area contributed by atoms with Crippen molar-refractivity contribution in [1.82, 2.24) is 9.97 Å². The molecule has 1 fully saturated rings. The van der Waals surface area contributed by atoms with Gasteiger partial charge in [0.1, 0.15) is 5.82 Å². The zero-order chi connectivity index (χ0) is 11.4. The molecule has 1 aliphatic rings. The van der Waals surface area contributed by atoms with E-state index in [2.05, 4.69) is 15.3 Å². The summed E-state index contributed by atoms with van der Waals surface area (Å²) in [5.74, 6) is 1.25. The number of nitrogen functional groups attached to an aromatic ring is 1. The molecule has 1 aromatic heterocycles. The number of anilines is 2. The van der Waals surface area contributed by atoms with Gasteiger partial charge in [0.15, 0.2) is 0 Å².